The Bertz CT molecular complexity index is 402. The zero-order chi connectivity index (χ0) is 13.0. The van der Waals surface area contributed by atoms with E-state index in [1.54, 1.807) is 7.11 Å². The number of ether oxygens (including phenoxy) is 1. The Hall–Kier alpha value is -0.795. The van der Waals surface area contributed by atoms with Crippen LogP contribution in [0.25, 0.3) is 0 Å². The molecule has 0 unspecified atom stereocenters. The van der Waals surface area contributed by atoms with Crippen LogP contribution < -0.4 is 10.8 Å². The molecule has 1 aromatic carbocycles. The Kier molecular flexibility index (Phi) is 4.84. The van der Waals surface area contributed by atoms with E-state index < -0.39 is 0 Å². The molecular weight excluding hydrogens is 221 g/mol. The second-order valence-electron chi connectivity index (χ2n) is 5.22. The number of methoxy groups -OCH3 is 1. The average molecular weight is 243 g/mol. The maximum Gasteiger partial charge on any atom is 0.114 e. The largest absolute Gasteiger partial charge is 0.385 e. The van der Waals surface area contributed by atoms with E-state index in [0.717, 1.165) is 37.5 Å². The zero-order valence-corrected chi connectivity index (χ0v) is 11.5. The van der Waals surface area contributed by atoms with Crippen LogP contribution in [0.5, 0.6) is 0 Å². The second-order valence-corrected chi connectivity index (χ2v) is 5.22. The number of hydrogen-bond acceptors (Lipinski definition) is 2. The highest BCUT2D eigenvalue weighted by atomic mass is 16.5. The lowest BCUT2D eigenvalue weighted by molar-refractivity contribution is 0.195. The van der Waals surface area contributed by atoms with Crippen molar-refractivity contribution < 1.29 is 4.74 Å². The fourth-order valence-electron chi connectivity index (χ4n) is 2.19. The molecule has 18 heavy (non-hydrogen) atoms. The van der Waals surface area contributed by atoms with E-state index in [4.69, 9.17) is 12.6 Å². The van der Waals surface area contributed by atoms with Gasteiger partial charge >= 0.3 is 0 Å². The Morgan fingerprint density at radius 3 is 2.83 bits per heavy atom. The van der Waals surface area contributed by atoms with Gasteiger partial charge in [-0.3, -0.25) is 0 Å². The highest BCUT2D eigenvalue weighted by molar-refractivity contribution is 6.33. The lowest BCUT2D eigenvalue weighted by Gasteiger charge is -2.13. The summed E-state index contributed by atoms with van der Waals surface area (Å²) in [5.41, 5.74) is 4.80. The Morgan fingerprint density at radius 1 is 1.39 bits per heavy atom. The van der Waals surface area contributed by atoms with E-state index in [1.807, 2.05) is 0 Å². The summed E-state index contributed by atoms with van der Waals surface area (Å²) in [6.45, 7) is 3.85. The van der Waals surface area contributed by atoms with E-state index in [2.05, 4.69) is 24.4 Å². The molecule has 96 valence electrons. The first-order chi connectivity index (χ1) is 8.70. The second kappa shape index (κ2) is 6.39. The van der Waals surface area contributed by atoms with Crippen molar-refractivity contribution in [1.82, 2.24) is 5.32 Å². The van der Waals surface area contributed by atoms with Gasteiger partial charge in [-0.2, -0.15) is 0 Å². The van der Waals surface area contributed by atoms with Crippen molar-refractivity contribution in [3.8, 4) is 0 Å². The molecule has 0 atom stereocenters. The molecule has 1 N–H and O–H groups in total. The highest BCUT2D eigenvalue weighted by Crippen LogP contribution is 2.19. The minimum absolute atomic E-state index is 0.740. The molecule has 0 saturated heterocycles. The predicted molar refractivity (Wildman–Crippen MR) is 76.6 cm³/mol. The quantitative estimate of drug-likeness (QED) is 0.580. The number of aryl methyl sites for hydroxylation is 1. The summed E-state index contributed by atoms with van der Waals surface area (Å²) in [6, 6.07) is 5.13. The van der Waals surface area contributed by atoms with Crippen molar-refractivity contribution >= 4 is 13.3 Å². The minimum Gasteiger partial charge on any atom is -0.385 e. The Morgan fingerprint density at radius 2 is 2.17 bits per heavy atom. The van der Waals surface area contributed by atoms with Crippen molar-refractivity contribution in [2.45, 2.75) is 45.2 Å². The third-order valence-electron chi connectivity index (χ3n) is 3.58. The monoisotopic (exact) mass is 243 g/mol. The van der Waals surface area contributed by atoms with Gasteiger partial charge in [0.25, 0.3) is 0 Å². The van der Waals surface area contributed by atoms with Crippen molar-refractivity contribution in [3.63, 3.8) is 0 Å². The first-order valence-electron chi connectivity index (χ1n) is 6.81. The number of rotatable bonds is 7. The third kappa shape index (κ3) is 3.86. The van der Waals surface area contributed by atoms with Gasteiger partial charge in [-0.05, 0) is 43.7 Å². The molecule has 1 aliphatic carbocycles. The SMILES string of the molecule is [B]c1cc(CNC2CC2)cc(CCCOC)c1C. The van der Waals surface area contributed by atoms with Gasteiger partial charge in [0.1, 0.15) is 7.85 Å². The summed E-state index contributed by atoms with van der Waals surface area (Å²) in [4.78, 5) is 0. The van der Waals surface area contributed by atoms with Crippen LogP contribution in [-0.4, -0.2) is 27.6 Å². The molecule has 3 heteroatoms. The Balaban J connectivity index is 2.00. The van der Waals surface area contributed by atoms with Crippen LogP contribution in [0.2, 0.25) is 0 Å². The molecule has 0 spiro atoms. The highest BCUT2D eigenvalue weighted by Gasteiger charge is 2.20. The van der Waals surface area contributed by atoms with E-state index in [-0.39, 0.29) is 0 Å². The van der Waals surface area contributed by atoms with Crippen LogP contribution in [0, 0.1) is 6.92 Å². The molecule has 2 rings (SSSR count). The van der Waals surface area contributed by atoms with E-state index in [1.165, 1.54) is 29.5 Å². The average Bonchev–Trinajstić information content (AvgIpc) is 3.16. The molecular formula is C15H22BNO. The van der Waals surface area contributed by atoms with Crippen molar-refractivity contribution in [2.24, 2.45) is 0 Å². The van der Waals surface area contributed by atoms with Crippen LogP contribution >= 0.6 is 0 Å². The molecule has 1 fully saturated rings. The maximum atomic E-state index is 6.09. The lowest BCUT2D eigenvalue weighted by Crippen LogP contribution is -2.19. The zero-order valence-electron chi connectivity index (χ0n) is 11.5. The van der Waals surface area contributed by atoms with Gasteiger partial charge in [-0.1, -0.05) is 23.2 Å². The number of nitrogens with one attached hydrogen (secondary N) is 1. The van der Waals surface area contributed by atoms with Crippen LogP contribution in [0.15, 0.2) is 12.1 Å². The predicted octanol–water partition coefficient (Wildman–Crippen LogP) is 1.62. The standard InChI is InChI=1S/C15H22BNO/c1-11-13(4-3-7-18-2)8-12(9-15(11)16)10-17-14-5-6-14/h8-9,14,17H,3-7,10H2,1-2H3. The van der Waals surface area contributed by atoms with E-state index in [0.29, 0.717) is 0 Å². The van der Waals surface area contributed by atoms with E-state index in [9.17, 15) is 0 Å². The molecule has 2 radical (unpaired) electrons. The minimum atomic E-state index is 0.740. The fourth-order valence-corrected chi connectivity index (χ4v) is 2.19. The first kappa shape index (κ1) is 13.6. The van der Waals surface area contributed by atoms with Gasteiger partial charge in [0.05, 0.1) is 0 Å². The molecule has 1 aliphatic rings. The van der Waals surface area contributed by atoms with Crippen LogP contribution in [-0.2, 0) is 17.7 Å². The van der Waals surface area contributed by atoms with Gasteiger partial charge in [-0.15, -0.1) is 0 Å². The topological polar surface area (TPSA) is 21.3 Å². The summed E-state index contributed by atoms with van der Waals surface area (Å²) in [5, 5.41) is 3.53. The van der Waals surface area contributed by atoms with Crippen molar-refractivity contribution in [1.29, 1.82) is 0 Å². The molecule has 0 amide bonds. The van der Waals surface area contributed by atoms with Crippen molar-refractivity contribution in [3.05, 3.63) is 28.8 Å². The summed E-state index contributed by atoms with van der Waals surface area (Å²) in [5.74, 6) is 0. The molecule has 1 aromatic rings. The number of benzene rings is 1. The Labute approximate surface area is 112 Å². The fraction of sp³-hybridized carbons (Fsp3) is 0.600. The van der Waals surface area contributed by atoms with E-state index >= 15 is 0 Å². The van der Waals surface area contributed by atoms with Crippen LogP contribution in [0.4, 0.5) is 0 Å². The molecule has 0 aromatic heterocycles. The van der Waals surface area contributed by atoms with Gasteiger partial charge in [-0.25, -0.2) is 0 Å². The van der Waals surface area contributed by atoms with Crippen LogP contribution in [0.1, 0.15) is 36.0 Å². The normalized spacial score (nSPS) is 15.0. The number of hydrogen-bond donors (Lipinski definition) is 1. The first-order valence-corrected chi connectivity index (χ1v) is 6.81. The molecule has 2 nitrogen and oxygen atoms in total. The maximum absolute atomic E-state index is 6.09. The molecule has 0 heterocycles. The summed E-state index contributed by atoms with van der Waals surface area (Å²) < 4.78 is 5.11. The van der Waals surface area contributed by atoms with Gasteiger partial charge in [0, 0.05) is 26.3 Å². The molecule has 0 bridgehead atoms. The lowest BCUT2D eigenvalue weighted by atomic mass is 9.85. The smallest absolute Gasteiger partial charge is 0.114 e. The van der Waals surface area contributed by atoms with Crippen LogP contribution in [0.3, 0.4) is 0 Å². The summed E-state index contributed by atoms with van der Waals surface area (Å²) in [7, 11) is 7.84. The van der Waals surface area contributed by atoms with Gasteiger partial charge in [0.15, 0.2) is 0 Å². The van der Waals surface area contributed by atoms with Crippen molar-refractivity contribution in [2.75, 3.05) is 13.7 Å². The molecule has 1 saturated carbocycles. The van der Waals surface area contributed by atoms with Gasteiger partial charge < -0.3 is 10.1 Å². The third-order valence-corrected chi connectivity index (χ3v) is 3.58. The molecule has 0 aliphatic heterocycles. The summed E-state index contributed by atoms with van der Waals surface area (Å²) >= 11 is 0. The summed E-state index contributed by atoms with van der Waals surface area (Å²) in [6.07, 6.45) is 4.74. The van der Waals surface area contributed by atoms with Gasteiger partial charge in [0.2, 0.25) is 0 Å².